The first-order valence-corrected chi connectivity index (χ1v) is 9.60. The van der Waals surface area contributed by atoms with Gasteiger partial charge in [-0.15, -0.1) is 0 Å². The number of hydrogen-bond acceptors (Lipinski definition) is 5. The molecule has 3 rings (SSSR count). The summed E-state index contributed by atoms with van der Waals surface area (Å²) in [5, 5.41) is 3.07. The molecular weight excluding hydrogens is 403 g/mol. The third kappa shape index (κ3) is 4.95. The highest BCUT2D eigenvalue weighted by atomic mass is 35.5. The molecular formula is C20H20Cl2N2O4. The van der Waals surface area contributed by atoms with Gasteiger partial charge in [-0.2, -0.15) is 0 Å². The first-order valence-electron chi connectivity index (χ1n) is 8.84. The highest BCUT2D eigenvalue weighted by Crippen LogP contribution is 2.25. The van der Waals surface area contributed by atoms with E-state index < -0.39 is 18.0 Å². The van der Waals surface area contributed by atoms with E-state index in [1.807, 2.05) is 24.3 Å². The van der Waals surface area contributed by atoms with Gasteiger partial charge >= 0.3 is 5.97 Å². The lowest BCUT2D eigenvalue weighted by Crippen LogP contribution is -2.36. The summed E-state index contributed by atoms with van der Waals surface area (Å²) < 4.78 is 10.6. The zero-order valence-electron chi connectivity index (χ0n) is 15.3. The van der Waals surface area contributed by atoms with Crippen molar-refractivity contribution in [1.82, 2.24) is 0 Å². The Bertz CT molecular complexity index is 832. The Morgan fingerprint density at radius 2 is 1.68 bits per heavy atom. The van der Waals surface area contributed by atoms with Crippen molar-refractivity contribution in [2.45, 2.75) is 13.0 Å². The zero-order valence-corrected chi connectivity index (χ0v) is 16.8. The van der Waals surface area contributed by atoms with Gasteiger partial charge in [0.2, 0.25) is 0 Å². The molecule has 1 atom stereocenters. The van der Waals surface area contributed by atoms with Crippen LogP contribution in [0.25, 0.3) is 0 Å². The molecule has 28 heavy (non-hydrogen) atoms. The van der Waals surface area contributed by atoms with Crippen molar-refractivity contribution in [3.63, 3.8) is 0 Å². The van der Waals surface area contributed by atoms with Crippen LogP contribution in [0.3, 0.4) is 0 Å². The number of ether oxygens (including phenoxy) is 2. The minimum atomic E-state index is -1.02. The third-order valence-electron chi connectivity index (χ3n) is 4.33. The Hall–Kier alpha value is -2.28. The normalized spacial score (nSPS) is 15.0. The lowest BCUT2D eigenvalue weighted by Gasteiger charge is -2.28. The highest BCUT2D eigenvalue weighted by molar-refractivity contribution is 6.39. The second-order valence-corrected chi connectivity index (χ2v) is 7.09. The van der Waals surface area contributed by atoms with Gasteiger partial charge < -0.3 is 19.7 Å². The molecule has 1 unspecified atom stereocenters. The van der Waals surface area contributed by atoms with Gasteiger partial charge in [0, 0.05) is 24.5 Å². The van der Waals surface area contributed by atoms with Crippen LogP contribution in [0.5, 0.6) is 0 Å². The van der Waals surface area contributed by atoms with Crippen LogP contribution >= 0.6 is 23.2 Å². The second kappa shape index (κ2) is 9.28. The molecule has 6 nitrogen and oxygen atoms in total. The summed E-state index contributed by atoms with van der Waals surface area (Å²) >= 11 is 12.0. The summed E-state index contributed by atoms with van der Waals surface area (Å²) in [4.78, 5) is 26.9. The van der Waals surface area contributed by atoms with Crippen LogP contribution < -0.4 is 10.2 Å². The van der Waals surface area contributed by atoms with E-state index in [-0.39, 0.29) is 15.6 Å². The van der Waals surface area contributed by atoms with Crippen molar-refractivity contribution >= 4 is 46.5 Å². The number of halogens is 2. The number of rotatable bonds is 5. The Labute approximate surface area is 173 Å². The maximum absolute atomic E-state index is 12.4. The number of hydrogen-bond donors (Lipinski definition) is 1. The topological polar surface area (TPSA) is 67.9 Å². The Morgan fingerprint density at radius 1 is 1.07 bits per heavy atom. The Kier molecular flexibility index (Phi) is 6.78. The highest BCUT2D eigenvalue weighted by Gasteiger charge is 2.22. The molecule has 0 spiro atoms. The number of anilines is 2. The lowest BCUT2D eigenvalue weighted by atomic mass is 10.2. The van der Waals surface area contributed by atoms with Crippen molar-refractivity contribution in [3.8, 4) is 0 Å². The van der Waals surface area contributed by atoms with Crippen molar-refractivity contribution in [1.29, 1.82) is 0 Å². The number of amides is 1. The summed E-state index contributed by atoms with van der Waals surface area (Å²) in [7, 11) is 0. The molecule has 1 N–H and O–H groups in total. The Morgan fingerprint density at radius 3 is 2.29 bits per heavy atom. The maximum atomic E-state index is 12.4. The molecule has 8 heteroatoms. The molecule has 0 aromatic heterocycles. The predicted octanol–water partition coefficient (Wildman–Crippen LogP) is 4.01. The van der Waals surface area contributed by atoms with E-state index in [4.69, 9.17) is 32.7 Å². The molecule has 148 valence electrons. The number of morpholine rings is 1. The fourth-order valence-corrected chi connectivity index (χ4v) is 3.34. The molecule has 1 aliphatic heterocycles. The van der Waals surface area contributed by atoms with E-state index in [0.29, 0.717) is 18.9 Å². The van der Waals surface area contributed by atoms with Gasteiger partial charge in [0.15, 0.2) is 6.10 Å². The van der Waals surface area contributed by atoms with Crippen molar-refractivity contribution in [2.24, 2.45) is 0 Å². The van der Waals surface area contributed by atoms with Crippen LogP contribution in [0.2, 0.25) is 10.0 Å². The number of benzene rings is 2. The minimum absolute atomic E-state index is 0.0420. The van der Waals surface area contributed by atoms with Crippen LogP contribution in [0.15, 0.2) is 42.5 Å². The number of nitrogens with zero attached hydrogens (tertiary/aromatic N) is 1. The Balaban J connectivity index is 1.58. The van der Waals surface area contributed by atoms with Crippen LogP contribution in [0, 0.1) is 0 Å². The molecule has 1 aliphatic rings. The molecule has 1 heterocycles. The first kappa shape index (κ1) is 20.5. The van der Waals surface area contributed by atoms with Crippen LogP contribution in [0.4, 0.5) is 11.4 Å². The number of nitrogens with one attached hydrogen (secondary N) is 1. The molecule has 2 aromatic carbocycles. The van der Waals surface area contributed by atoms with E-state index in [1.54, 1.807) is 6.07 Å². The number of carbonyl (C=O) groups is 2. The monoisotopic (exact) mass is 422 g/mol. The molecule has 1 amide bonds. The van der Waals surface area contributed by atoms with Crippen molar-refractivity contribution in [3.05, 3.63) is 58.1 Å². The van der Waals surface area contributed by atoms with Gasteiger partial charge in [0.05, 0.1) is 28.8 Å². The van der Waals surface area contributed by atoms with Gasteiger partial charge in [-0.25, -0.2) is 4.79 Å². The van der Waals surface area contributed by atoms with Gasteiger partial charge in [0.25, 0.3) is 5.91 Å². The van der Waals surface area contributed by atoms with Gasteiger partial charge in [0.1, 0.15) is 0 Å². The molecule has 0 radical (unpaired) electrons. The van der Waals surface area contributed by atoms with Crippen LogP contribution in [0.1, 0.15) is 17.3 Å². The second-order valence-electron chi connectivity index (χ2n) is 6.28. The smallest absolute Gasteiger partial charge is 0.341 e. The lowest BCUT2D eigenvalue weighted by molar-refractivity contribution is -0.123. The number of carbonyl (C=O) groups excluding carboxylic acids is 2. The largest absolute Gasteiger partial charge is 0.449 e. The van der Waals surface area contributed by atoms with Crippen molar-refractivity contribution in [2.75, 3.05) is 36.5 Å². The predicted molar refractivity (Wildman–Crippen MR) is 109 cm³/mol. The maximum Gasteiger partial charge on any atom is 0.341 e. The summed E-state index contributed by atoms with van der Waals surface area (Å²) in [6.45, 7) is 4.57. The minimum Gasteiger partial charge on any atom is -0.449 e. The summed E-state index contributed by atoms with van der Waals surface area (Å²) in [6, 6.07) is 12.2. The van der Waals surface area contributed by atoms with E-state index in [9.17, 15) is 9.59 Å². The molecule has 1 fully saturated rings. The zero-order chi connectivity index (χ0) is 20.1. The third-order valence-corrected chi connectivity index (χ3v) is 4.96. The summed E-state index contributed by atoms with van der Waals surface area (Å²) in [5.74, 6) is -1.20. The van der Waals surface area contributed by atoms with E-state index in [2.05, 4.69) is 10.2 Å². The average molecular weight is 423 g/mol. The van der Waals surface area contributed by atoms with Gasteiger partial charge in [-0.3, -0.25) is 4.79 Å². The fourth-order valence-electron chi connectivity index (χ4n) is 2.79. The van der Waals surface area contributed by atoms with Gasteiger partial charge in [-0.1, -0.05) is 29.3 Å². The van der Waals surface area contributed by atoms with Crippen molar-refractivity contribution < 1.29 is 19.1 Å². The average Bonchev–Trinajstić information content (AvgIpc) is 2.69. The summed E-state index contributed by atoms with van der Waals surface area (Å²) in [5.41, 5.74) is 1.72. The van der Waals surface area contributed by atoms with E-state index >= 15 is 0 Å². The van der Waals surface area contributed by atoms with Crippen LogP contribution in [-0.4, -0.2) is 44.3 Å². The summed E-state index contributed by atoms with van der Waals surface area (Å²) in [6.07, 6.45) is -1.02. The molecule has 2 aromatic rings. The van der Waals surface area contributed by atoms with E-state index in [0.717, 1.165) is 18.8 Å². The standard InChI is InChI=1S/C20H20Cl2N2O4/c1-13(28-20(26)18-16(21)3-2-4-17(18)22)19(25)23-14-5-7-15(8-6-14)24-9-11-27-12-10-24/h2-8,13H,9-12H2,1H3,(H,23,25). The SMILES string of the molecule is CC(OC(=O)c1c(Cl)cccc1Cl)C(=O)Nc1ccc(N2CCOCC2)cc1. The number of esters is 1. The molecule has 0 bridgehead atoms. The molecule has 1 saturated heterocycles. The fraction of sp³-hybridized carbons (Fsp3) is 0.300. The molecule has 0 aliphatic carbocycles. The van der Waals surface area contributed by atoms with E-state index in [1.165, 1.54) is 19.1 Å². The molecule has 0 saturated carbocycles. The quantitative estimate of drug-likeness (QED) is 0.737. The first-order chi connectivity index (χ1) is 13.5. The van der Waals surface area contributed by atoms with Gasteiger partial charge in [-0.05, 0) is 43.3 Å². The van der Waals surface area contributed by atoms with Crippen LogP contribution in [-0.2, 0) is 14.3 Å².